The van der Waals surface area contributed by atoms with E-state index in [0.717, 1.165) is 24.3 Å². The first-order chi connectivity index (χ1) is 15.6. The van der Waals surface area contributed by atoms with Gasteiger partial charge in [-0.3, -0.25) is 4.90 Å². The molecule has 1 aliphatic heterocycles. The average molecular weight is 470 g/mol. The Morgan fingerprint density at radius 3 is 2.53 bits per heavy atom. The second-order valence-electron chi connectivity index (χ2n) is 8.95. The predicted molar refractivity (Wildman–Crippen MR) is 124 cm³/mol. The average Bonchev–Trinajstić information content (AvgIpc) is 3.46. The number of hydrogen-bond acceptors (Lipinski definition) is 5. The molecule has 4 unspecified atom stereocenters. The van der Waals surface area contributed by atoms with Gasteiger partial charge >= 0.3 is 0 Å². The van der Waals surface area contributed by atoms with Gasteiger partial charge < -0.3 is 4.79 Å². The molecule has 8 heteroatoms. The molecule has 1 aromatic heterocycles. The van der Waals surface area contributed by atoms with E-state index in [0.29, 0.717) is 23.2 Å². The van der Waals surface area contributed by atoms with Gasteiger partial charge in [-0.05, 0) is 66.5 Å². The number of H-pyrrole nitrogens is 1. The normalized spacial score (nSPS) is 26.2. The summed E-state index contributed by atoms with van der Waals surface area (Å²) in [6, 6.07) is 16.0. The van der Waals surface area contributed by atoms with Gasteiger partial charge in [-0.2, -0.15) is 5.21 Å². The summed E-state index contributed by atoms with van der Waals surface area (Å²) in [6.45, 7) is 0.899. The summed E-state index contributed by atoms with van der Waals surface area (Å²) in [5.74, 6) is 1.53. The third-order valence-corrected chi connectivity index (χ3v) is 7.28. The van der Waals surface area contributed by atoms with E-state index < -0.39 is 0 Å². The zero-order valence-electron chi connectivity index (χ0n) is 17.6. The molecule has 1 saturated heterocycles. The van der Waals surface area contributed by atoms with Gasteiger partial charge in [0.25, 0.3) is 0 Å². The van der Waals surface area contributed by atoms with Gasteiger partial charge in [0, 0.05) is 35.0 Å². The van der Waals surface area contributed by atoms with Gasteiger partial charge in [-0.15, -0.1) is 10.2 Å². The Bertz CT molecular complexity index is 1050. The Morgan fingerprint density at radius 1 is 1.06 bits per heavy atom. The smallest absolute Gasteiger partial charge is 0.174 e. The third-order valence-electron chi connectivity index (χ3n) is 6.79. The van der Waals surface area contributed by atoms with E-state index in [9.17, 15) is 4.79 Å². The molecule has 6 nitrogen and oxygen atoms in total. The van der Waals surface area contributed by atoms with Crippen molar-refractivity contribution in [1.29, 1.82) is 0 Å². The molecule has 32 heavy (non-hydrogen) atoms. The fourth-order valence-corrected chi connectivity index (χ4v) is 5.48. The van der Waals surface area contributed by atoms with Crippen LogP contribution in [0.4, 0.5) is 0 Å². The predicted octanol–water partition coefficient (Wildman–Crippen LogP) is 4.87. The van der Waals surface area contributed by atoms with E-state index >= 15 is 0 Å². The van der Waals surface area contributed by atoms with Gasteiger partial charge in [-0.25, -0.2) is 0 Å². The van der Waals surface area contributed by atoms with E-state index in [1.807, 2.05) is 24.3 Å². The molecular formula is C24H25Cl2N5O. The van der Waals surface area contributed by atoms with Crippen LogP contribution in [-0.4, -0.2) is 44.4 Å². The molecule has 2 fully saturated rings. The number of carbonyl (C=O) groups excluding carboxylic acids is 1. The number of tetrazole rings is 1. The Balaban J connectivity index is 1.59. The summed E-state index contributed by atoms with van der Waals surface area (Å²) in [5, 5.41) is 16.0. The van der Waals surface area contributed by atoms with Crippen molar-refractivity contribution in [3.05, 3.63) is 75.5 Å². The van der Waals surface area contributed by atoms with Crippen molar-refractivity contribution in [2.75, 3.05) is 6.54 Å². The highest BCUT2D eigenvalue weighted by molar-refractivity contribution is 6.30. The van der Waals surface area contributed by atoms with Crippen molar-refractivity contribution < 1.29 is 4.79 Å². The number of carbonyl (C=O) groups is 1. The number of halogens is 2. The van der Waals surface area contributed by atoms with Crippen LogP contribution in [0, 0.1) is 11.8 Å². The van der Waals surface area contributed by atoms with Crippen molar-refractivity contribution in [2.24, 2.45) is 11.8 Å². The van der Waals surface area contributed by atoms with E-state index in [-0.39, 0.29) is 23.9 Å². The van der Waals surface area contributed by atoms with Gasteiger partial charge in [0.05, 0.1) is 6.04 Å². The number of rotatable bonds is 7. The van der Waals surface area contributed by atoms with E-state index in [4.69, 9.17) is 23.2 Å². The lowest BCUT2D eigenvalue weighted by Crippen LogP contribution is -2.52. The summed E-state index contributed by atoms with van der Waals surface area (Å²) in [4.78, 5) is 14.9. The van der Waals surface area contributed by atoms with Crippen LogP contribution in [0.3, 0.4) is 0 Å². The Kier molecular flexibility index (Phi) is 6.26. The number of piperidine rings is 1. The molecule has 5 rings (SSSR count). The molecule has 0 bridgehead atoms. The van der Waals surface area contributed by atoms with Crippen molar-refractivity contribution in [3.63, 3.8) is 0 Å². The van der Waals surface area contributed by atoms with Crippen LogP contribution in [0.25, 0.3) is 0 Å². The number of hydrogen-bond donors (Lipinski definition) is 1. The molecule has 2 aromatic carbocycles. The fraction of sp³-hybridized carbons (Fsp3) is 0.417. The van der Waals surface area contributed by atoms with Crippen molar-refractivity contribution in [3.8, 4) is 0 Å². The van der Waals surface area contributed by atoms with Gasteiger partial charge in [0.2, 0.25) is 0 Å². The zero-order chi connectivity index (χ0) is 22.1. The second kappa shape index (κ2) is 9.30. The highest BCUT2D eigenvalue weighted by Gasteiger charge is 2.46. The molecule has 2 aliphatic rings. The third kappa shape index (κ3) is 4.58. The number of aromatic amines is 1. The maximum atomic E-state index is 12.5. The van der Waals surface area contributed by atoms with E-state index in [1.54, 1.807) is 0 Å². The Hall–Kier alpha value is -2.28. The fourth-order valence-electron chi connectivity index (χ4n) is 5.15. The molecule has 0 amide bonds. The molecule has 0 radical (unpaired) electrons. The van der Waals surface area contributed by atoms with Crippen LogP contribution in [0.2, 0.25) is 10.0 Å². The highest BCUT2D eigenvalue weighted by Crippen LogP contribution is 2.49. The number of nitrogens with one attached hydrogen (secondary N) is 1. The molecule has 1 saturated carbocycles. The lowest BCUT2D eigenvalue weighted by molar-refractivity contribution is -0.118. The topological polar surface area (TPSA) is 74.8 Å². The number of aromatic nitrogens is 4. The van der Waals surface area contributed by atoms with Gasteiger partial charge in [0.1, 0.15) is 6.29 Å². The molecular weight excluding hydrogens is 445 g/mol. The lowest BCUT2D eigenvalue weighted by atomic mass is 9.72. The Morgan fingerprint density at radius 2 is 1.88 bits per heavy atom. The maximum absolute atomic E-state index is 12.5. The number of likely N-dealkylation sites (tertiary alicyclic amines) is 1. The molecule has 4 atom stereocenters. The zero-order valence-corrected chi connectivity index (χ0v) is 19.1. The van der Waals surface area contributed by atoms with Gasteiger partial charge in [0.15, 0.2) is 5.82 Å². The standard InChI is InChI=1S/C24H25Cl2N5O/c25-19-8-6-16(7-9-19)24-21(17-2-1-3-20(26)10-17)11-18(12-23-27-29-30-28-23)22(14-32)31(24)13-15-4-5-15/h1-3,6-10,14-15,18,21-22,24H,4-5,11-13H2,(H,27,28,29,30). The first-order valence-corrected chi connectivity index (χ1v) is 11.8. The summed E-state index contributed by atoms with van der Waals surface area (Å²) in [6.07, 6.45) is 4.97. The van der Waals surface area contributed by atoms with Crippen LogP contribution < -0.4 is 0 Å². The molecule has 2 heterocycles. The van der Waals surface area contributed by atoms with E-state index in [1.165, 1.54) is 24.0 Å². The lowest BCUT2D eigenvalue weighted by Gasteiger charge is -2.49. The number of benzene rings is 2. The molecule has 3 aromatic rings. The molecule has 0 spiro atoms. The minimum absolute atomic E-state index is 0.0584. The van der Waals surface area contributed by atoms with Gasteiger partial charge in [-0.1, -0.05) is 52.7 Å². The van der Waals surface area contributed by atoms with Crippen LogP contribution in [0.5, 0.6) is 0 Å². The SMILES string of the molecule is O=CC1C(Cc2nn[nH]n2)CC(c2cccc(Cl)c2)C(c2ccc(Cl)cc2)N1CC1CC1. The van der Waals surface area contributed by atoms with Crippen LogP contribution in [0.1, 0.15) is 48.2 Å². The number of nitrogens with zero attached hydrogens (tertiary/aromatic N) is 4. The quantitative estimate of drug-likeness (QED) is 0.499. The minimum Gasteiger partial charge on any atom is -0.302 e. The largest absolute Gasteiger partial charge is 0.302 e. The summed E-state index contributed by atoms with van der Waals surface area (Å²) in [7, 11) is 0. The summed E-state index contributed by atoms with van der Waals surface area (Å²) in [5.41, 5.74) is 2.35. The highest BCUT2D eigenvalue weighted by atomic mass is 35.5. The van der Waals surface area contributed by atoms with Crippen molar-refractivity contribution >= 4 is 29.5 Å². The minimum atomic E-state index is -0.217. The Labute approximate surface area is 197 Å². The monoisotopic (exact) mass is 469 g/mol. The summed E-state index contributed by atoms with van der Waals surface area (Å²) < 4.78 is 0. The van der Waals surface area contributed by atoms with E-state index in [2.05, 4.69) is 49.8 Å². The number of aldehydes is 1. The molecule has 166 valence electrons. The van der Waals surface area contributed by atoms with Crippen molar-refractivity contribution in [2.45, 2.75) is 43.7 Å². The first kappa shape index (κ1) is 21.6. The maximum Gasteiger partial charge on any atom is 0.174 e. The summed E-state index contributed by atoms with van der Waals surface area (Å²) >= 11 is 12.6. The first-order valence-electron chi connectivity index (χ1n) is 11.1. The molecule has 1 aliphatic carbocycles. The van der Waals surface area contributed by atoms with Crippen LogP contribution >= 0.6 is 23.2 Å². The van der Waals surface area contributed by atoms with Crippen molar-refractivity contribution in [1.82, 2.24) is 25.5 Å². The molecule has 1 N–H and O–H groups in total. The second-order valence-corrected chi connectivity index (χ2v) is 9.83. The van der Waals surface area contributed by atoms with Crippen LogP contribution in [-0.2, 0) is 11.2 Å². The van der Waals surface area contributed by atoms with Crippen LogP contribution in [0.15, 0.2) is 48.5 Å².